The highest BCUT2D eigenvalue weighted by atomic mass is 79.9. The highest BCUT2D eigenvalue weighted by Gasteiger charge is 2.35. The van der Waals surface area contributed by atoms with E-state index in [4.69, 9.17) is 4.74 Å². The highest BCUT2D eigenvalue weighted by molar-refractivity contribution is 9.10. The van der Waals surface area contributed by atoms with E-state index in [-0.39, 0.29) is 0 Å². The second kappa shape index (κ2) is 4.29. The number of hydrogen-bond donors (Lipinski definition) is 1. The monoisotopic (exact) mass is 296 g/mol. The van der Waals surface area contributed by atoms with E-state index >= 15 is 0 Å². The fourth-order valence-electron chi connectivity index (χ4n) is 2.68. The molecule has 1 saturated carbocycles. The Morgan fingerprint density at radius 2 is 2.18 bits per heavy atom. The van der Waals surface area contributed by atoms with Crippen molar-refractivity contribution in [2.45, 2.75) is 32.3 Å². The fraction of sp³-hybridized carbons (Fsp3) is 0.571. The highest BCUT2D eigenvalue weighted by Crippen LogP contribution is 2.46. The lowest BCUT2D eigenvalue weighted by Crippen LogP contribution is -2.12. The van der Waals surface area contributed by atoms with E-state index in [1.54, 1.807) is 0 Å². The zero-order chi connectivity index (χ0) is 12.0. The molecular formula is C14H17BrO2. The summed E-state index contributed by atoms with van der Waals surface area (Å²) in [5, 5.41) is 10.5. The Hall–Kier alpha value is -0.540. The minimum atomic E-state index is -0.396. The largest absolute Gasteiger partial charge is 0.493 e. The fourth-order valence-corrected chi connectivity index (χ4v) is 3.20. The molecule has 0 aromatic heterocycles. The molecule has 0 amide bonds. The van der Waals surface area contributed by atoms with E-state index in [2.05, 4.69) is 28.9 Å². The van der Waals surface area contributed by atoms with Gasteiger partial charge in [-0.2, -0.15) is 0 Å². The van der Waals surface area contributed by atoms with Crippen molar-refractivity contribution in [3.63, 3.8) is 0 Å². The second-order valence-electron chi connectivity index (χ2n) is 5.22. The van der Waals surface area contributed by atoms with Crippen LogP contribution in [0.4, 0.5) is 0 Å². The molecule has 0 saturated heterocycles. The quantitative estimate of drug-likeness (QED) is 0.925. The van der Waals surface area contributed by atoms with Gasteiger partial charge in [-0.05, 0) is 42.4 Å². The average molecular weight is 297 g/mol. The molecule has 1 heterocycles. The normalized spacial score (nSPS) is 21.8. The van der Waals surface area contributed by atoms with Gasteiger partial charge in [0.1, 0.15) is 5.75 Å². The zero-order valence-electron chi connectivity index (χ0n) is 9.95. The smallest absolute Gasteiger partial charge is 0.128 e. The third-order valence-electron chi connectivity index (χ3n) is 3.96. The van der Waals surface area contributed by atoms with E-state index in [9.17, 15) is 5.11 Å². The number of fused-ring (bicyclic) bond motifs is 1. The molecule has 1 aliphatic carbocycles. The molecule has 1 fully saturated rings. The maximum Gasteiger partial charge on any atom is 0.128 e. The SMILES string of the molecule is CC(C1CC1)C(O)c1cc(Br)cc2c1OCC2. The molecule has 0 radical (unpaired) electrons. The molecule has 3 heteroatoms. The maximum atomic E-state index is 10.5. The van der Waals surface area contributed by atoms with Crippen molar-refractivity contribution in [1.82, 2.24) is 0 Å². The third kappa shape index (κ3) is 2.11. The molecular weight excluding hydrogens is 280 g/mol. The Labute approximate surface area is 110 Å². The molecule has 2 nitrogen and oxygen atoms in total. The van der Waals surface area contributed by atoms with Crippen molar-refractivity contribution in [3.05, 3.63) is 27.7 Å². The first-order chi connectivity index (χ1) is 8.16. The molecule has 1 aromatic rings. The van der Waals surface area contributed by atoms with Gasteiger partial charge >= 0.3 is 0 Å². The van der Waals surface area contributed by atoms with Crippen molar-refractivity contribution >= 4 is 15.9 Å². The Morgan fingerprint density at radius 3 is 2.88 bits per heavy atom. The predicted octanol–water partition coefficient (Wildman–Crippen LogP) is 3.46. The summed E-state index contributed by atoms with van der Waals surface area (Å²) in [7, 11) is 0. The molecule has 0 spiro atoms. The van der Waals surface area contributed by atoms with Gasteiger partial charge in [0.05, 0.1) is 12.7 Å². The molecule has 2 atom stereocenters. The van der Waals surface area contributed by atoms with Crippen LogP contribution in [-0.2, 0) is 6.42 Å². The van der Waals surface area contributed by atoms with Crippen LogP contribution < -0.4 is 4.74 Å². The van der Waals surface area contributed by atoms with Gasteiger partial charge in [-0.15, -0.1) is 0 Å². The minimum Gasteiger partial charge on any atom is -0.493 e. The molecule has 1 N–H and O–H groups in total. The summed E-state index contributed by atoms with van der Waals surface area (Å²) in [4.78, 5) is 0. The van der Waals surface area contributed by atoms with Crippen LogP contribution in [0.2, 0.25) is 0 Å². The van der Waals surface area contributed by atoms with E-state index in [1.807, 2.05) is 6.07 Å². The molecule has 17 heavy (non-hydrogen) atoms. The Balaban J connectivity index is 1.96. The van der Waals surface area contributed by atoms with E-state index in [0.717, 1.165) is 28.8 Å². The summed E-state index contributed by atoms with van der Waals surface area (Å²) in [5.74, 6) is 1.95. The average Bonchev–Trinajstić information content (AvgIpc) is 3.05. The standard InChI is InChI=1S/C14H17BrO2/c1-8(9-2-3-9)13(16)12-7-11(15)6-10-4-5-17-14(10)12/h6-9,13,16H,2-5H2,1H3. The van der Waals surface area contributed by atoms with Crippen LogP contribution in [0.25, 0.3) is 0 Å². The molecule has 2 unspecified atom stereocenters. The summed E-state index contributed by atoms with van der Waals surface area (Å²) < 4.78 is 6.72. The van der Waals surface area contributed by atoms with Crippen molar-refractivity contribution in [3.8, 4) is 5.75 Å². The van der Waals surface area contributed by atoms with Gasteiger partial charge in [-0.3, -0.25) is 0 Å². The summed E-state index contributed by atoms with van der Waals surface area (Å²) >= 11 is 3.52. The number of benzene rings is 1. The van der Waals surface area contributed by atoms with Gasteiger partial charge in [0.2, 0.25) is 0 Å². The minimum absolute atomic E-state index is 0.331. The molecule has 92 valence electrons. The van der Waals surface area contributed by atoms with E-state index in [1.165, 1.54) is 18.4 Å². The van der Waals surface area contributed by atoms with Gasteiger partial charge in [0.25, 0.3) is 0 Å². The molecule has 1 aliphatic heterocycles. The van der Waals surface area contributed by atoms with Crippen LogP contribution in [0.5, 0.6) is 5.75 Å². The third-order valence-corrected chi connectivity index (χ3v) is 4.42. The van der Waals surface area contributed by atoms with Crippen molar-refractivity contribution < 1.29 is 9.84 Å². The predicted molar refractivity (Wildman–Crippen MR) is 70.2 cm³/mol. The first-order valence-corrected chi connectivity index (χ1v) is 7.09. The van der Waals surface area contributed by atoms with Crippen LogP contribution >= 0.6 is 15.9 Å². The summed E-state index contributed by atoms with van der Waals surface area (Å²) in [5.41, 5.74) is 2.18. The lowest BCUT2D eigenvalue weighted by atomic mass is 9.91. The lowest BCUT2D eigenvalue weighted by Gasteiger charge is -2.21. The van der Waals surface area contributed by atoms with Gasteiger partial charge < -0.3 is 9.84 Å². The maximum absolute atomic E-state index is 10.5. The summed E-state index contributed by atoms with van der Waals surface area (Å²) in [6, 6.07) is 4.11. The van der Waals surface area contributed by atoms with Crippen LogP contribution in [0, 0.1) is 11.8 Å². The van der Waals surface area contributed by atoms with Gasteiger partial charge in [-0.25, -0.2) is 0 Å². The second-order valence-corrected chi connectivity index (χ2v) is 6.14. The number of hydrogen-bond acceptors (Lipinski definition) is 2. The molecule has 2 aliphatic rings. The summed E-state index contributed by atoms with van der Waals surface area (Å²) in [6.07, 6.45) is 3.07. The number of aliphatic hydroxyl groups excluding tert-OH is 1. The van der Waals surface area contributed by atoms with Gasteiger partial charge in [-0.1, -0.05) is 22.9 Å². The Bertz CT molecular complexity index is 440. The number of rotatable bonds is 3. The van der Waals surface area contributed by atoms with Crippen molar-refractivity contribution in [2.75, 3.05) is 6.61 Å². The van der Waals surface area contributed by atoms with Gasteiger partial charge in [0.15, 0.2) is 0 Å². The Morgan fingerprint density at radius 1 is 1.41 bits per heavy atom. The first kappa shape index (κ1) is 11.5. The van der Waals surface area contributed by atoms with E-state index in [0.29, 0.717) is 11.8 Å². The first-order valence-electron chi connectivity index (χ1n) is 6.30. The van der Waals surface area contributed by atoms with Crippen LogP contribution in [-0.4, -0.2) is 11.7 Å². The van der Waals surface area contributed by atoms with Crippen LogP contribution in [0.1, 0.15) is 37.0 Å². The lowest BCUT2D eigenvalue weighted by molar-refractivity contribution is 0.103. The van der Waals surface area contributed by atoms with Crippen molar-refractivity contribution in [2.24, 2.45) is 11.8 Å². The molecule has 0 bridgehead atoms. The van der Waals surface area contributed by atoms with E-state index < -0.39 is 6.10 Å². The number of halogens is 1. The van der Waals surface area contributed by atoms with Crippen LogP contribution in [0.3, 0.4) is 0 Å². The Kier molecular flexibility index (Phi) is 2.91. The summed E-state index contributed by atoms with van der Waals surface area (Å²) in [6.45, 7) is 2.88. The zero-order valence-corrected chi connectivity index (χ0v) is 11.5. The topological polar surface area (TPSA) is 29.5 Å². The number of ether oxygens (including phenoxy) is 1. The molecule has 3 rings (SSSR count). The van der Waals surface area contributed by atoms with Gasteiger partial charge in [0, 0.05) is 16.5 Å². The van der Waals surface area contributed by atoms with Crippen LogP contribution in [0.15, 0.2) is 16.6 Å². The molecule has 1 aromatic carbocycles. The van der Waals surface area contributed by atoms with Crippen molar-refractivity contribution in [1.29, 1.82) is 0 Å². The number of aliphatic hydroxyl groups is 1.